The highest BCUT2D eigenvalue weighted by molar-refractivity contribution is 9.10. The Hall–Kier alpha value is -0.810. The molecule has 0 unspecified atom stereocenters. The number of likely N-dealkylation sites (N-methyl/N-ethyl adjacent to an activating group) is 1. The number of carbonyl (C=O) groups is 1. The molecule has 14 heavy (non-hydrogen) atoms. The van der Waals surface area contributed by atoms with Gasteiger partial charge in [0.05, 0.1) is 16.6 Å². The molecule has 1 rings (SSSR count). The Labute approximate surface area is 88.4 Å². The van der Waals surface area contributed by atoms with Gasteiger partial charge in [-0.2, -0.15) is 0 Å². The largest absolute Gasteiger partial charge is 0.313 e. The van der Waals surface area contributed by atoms with E-state index in [9.17, 15) is 13.6 Å². The maximum atomic E-state index is 13.2. The van der Waals surface area contributed by atoms with Crippen molar-refractivity contribution in [2.75, 3.05) is 13.6 Å². The summed E-state index contributed by atoms with van der Waals surface area (Å²) in [5.41, 5.74) is -0.236. The van der Waals surface area contributed by atoms with Crippen molar-refractivity contribution >= 4 is 21.7 Å². The predicted octanol–water partition coefficient (Wildman–Crippen LogP) is 2.13. The quantitative estimate of drug-likeness (QED) is 0.669. The van der Waals surface area contributed by atoms with Gasteiger partial charge in [-0.05, 0) is 35.1 Å². The van der Waals surface area contributed by atoms with Crippen LogP contribution in [0.3, 0.4) is 0 Å². The summed E-state index contributed by atoms with van der Waals surface area (Å²) in [5, 5.41) is 2.58. The van der Waals surface area contributed by atoms with Crippen LogP contribution in [-0.4, -0.2) is 19.4 Å². The van der Waals surface area contributed by atoms with Gasteiger partial charge in [0.15, 0.2) is 5.78 Å². The first-order chi connectivity index (χ1) is 6.56. The normalized spacial score (nSPS) is 10.3. The highest BCUT2D eigenvalue weighted by Gasteiger charge is 2.14. The van der Waals surface area contributed by atoms with Crippen LogP contribution < -0.4 is 5.32 Å². The summed E-state index contributed by atoms with van der Waals surface area (Å²) in [6.07, 6.45) is 0. The van der Waals surface area contributed by atoms with Crippen molar-refractivity contribution in [3.63, 3.8) is 0 Å². The Morgan fingerprint density at radius 1 is 1.43 bits per heavy atom. The number of carbonyl (C=O) groups excluding carboxylic acids is 1. The molecule has 0 fully saturated rings. The van der Waals surface area contributed by atoms with E-state index in [0.29, 0.717) is 0 Å². The molecular weight excluding hydrogens is 256 g/mol. The molecular formula is C9H8BrF2NO. The Morgan fingerprint density at radius 2 is 2.07 bits per heavy atom. The molecule has 0 saturated heterocycles. The number of benzene rings is 1. The fourth-order valence-electron chi connectivity index (χ4n) is 0.992. The zero-order chi connectivity index (χ0) is 10.7. The molecule has 0 saturated carbocycles. The lowest BCUT2D eigenvalue weighted by Gasteiger charge is -2.03. The Morgan fingerprint density at radius 3 is 2.64 bits per heavy atom. The third-order valence-corrected chi connectivity index (χ3v) is 2.26. The molecule has 0 bridgehead atoms. The second-order valence-electron chi connectivity index (χ2n) is 2.70. The third kappa shape index (κ3) is 2.36. The molecule has 0 aliphatic carbocycles. The van der Waals surface area contributed by atoms with Crippen molar-refractivity contribution in [3.8, 4) is 0 Å². The maximum absolute atomic E-state index is 13.2. The summed E-state index contributed by atoms with van der Waals surface area (Å²) < 4.78 is 26.1. The average molecular weight is 264 g/mol. The standard InChI is InChI=1S/C9H8BrF2NO/c1-13-4-9(14)5-2-8(12)6(10)3-7(5)11/h2-3,13H,4H2,1H3. The number of hydrogen-bond donors (Lipinski definition) is 1. The SMILES string of the molecule is CNCC(=O)c1cc(F)c(Br)cc1F. The summed E-state index contributed by atoms with van der Waals surface area (Å²) in [4.78, 5) is 11.2. The van der Waals surface area contributed by atoms with Gasteiger partial charge in [-0.25, -0.2) is 8.78 Å². The van der Waals surface area contributed by atoms with Crippen LogP contribution in [0.2, 0.25) is 0 Å². The molecule has 0 aliphatic heterocycles. The topological polar surface area (TPSA) is 29.1 Å². The summed E-state index contributed by atoms with van der Waals surface area (Å²) in [6, 6.07) is 1.83. The van der Waals surface area contributed by atoms with Gasteiger partial charge in [-0.15, -0.1) is 0 Å². The molecule has 0 aromatic heterocycles. The van der Waals surface area contributed by atoms with E-state index in [1.54, 1.807) is 7.05 Å². The van der Waals surface area contributed by atoms with E-state index >= 15 is 0 Å². The van der Waals surface area contributed by atoms with E-state index in [1.165, 1.54) is 0 Å². The highest BCUT2D eigenvalue weighted by atomic mass is 79.9. The fraction of sp³-hybridized carbons (Fsp3) is 0.222. The van der Waals surface area contributed by atoms with Crippen LogP contribution in [0.5, 0.6) is 0 Å². The smallest absolute Gasteiger partial charge is 0.179 e. The second kappa shape index (κ2) is 4.61. The van der Waals surface area contributed by atoms with Crippen LogP contribution in [0, 0.1) is 11.6 Å². The van der Waals surface area contributed by atoms with Crippen molar-refractivity contribution in [1.82, 2.24) is 5.32 Å². The van der Waals surface area contributed by atoms with Crippen LogP contribution in [0.4, 0.5) is 8.78 Å². The van der Waals surface area contributed by atoms with Gasteiger partial charge in [0.1, 0.15) is 11.6 Å². The van der Waals surface area contributed by atoms with E-state index < -0.39 is 17.4 Å². The van der Waals surface area contributed by atoms with Gasteiger partial charge in [0.25, 0.3) is 0 Å². The zero-order valence-corrected chi connectivity index (χ0v) is 8.99. The summed E-state index contributed by atoms with van der Waals surface area (Å²) >= 11 is 2.83. The molecule has 0 radical (unpaired) electrons. The molecule has 0 amide bonds. The molecule has 2 nitrogen and oxygen atoms in total. The molecule has 5 heteroatoms. The Balaban J connectivity index is 3.09. The monoisotopic (exact) mass is 263 g/mol. The minimum Gasteiger partial charge on any atom is -0.313 e. The lowest BCUT2D eigenvalue weighted by atomic mass is 10.1. The van der Waals surface area contributed by atoms with Gasteiger partial charge in [0, 0.05) is 0 Å². The van der Waals surface area contributed by atoms with Gasteiger partial charge >= 0.3 is 0 Å². The fourth-order valence-corrected chi connectivity index (χ4v) is 1.31. The highest BCUT2D eigenvalue weighted by Crippen LogP contribution is 2.19. The van der Waals surface area contributed by atoms with E-state index in [1.807, 2.05) is 0 Å². The molecule has 76 valence electrons. The first-order valence-corrected chi connectivity index (χ1v) is 4.68. The van der Waals surface area contributed by atoms with E-state index in [-0.39, 0.29) is 16.6 Å². The van der Waals surface area contributed by atoms with Crippen LogP contribution >= 0.6 is 15.9 Å². The molecule has 1 N–H and O–H groups in total. The van der Waals surface area contributed by atoms with Crippen LogP contribution in [0.25, 0.3) is 0 Å². The first kappa shape index (κ1) is 11.3. The molecule has 0 atom stereocenters. The molecule has 0 aliphatic rings. The number of halogens is 3. The minimum atomic E-state index is -0.724. The van der Waals surface area contributed by atoms with Crippen LogP contribution in [0.1, 0.15) is 10.4 Å². The van der Waals surface area contributed by atoms with Crippen molar-refractivity contribution < 1.29 is 13.6 Å². The lowest BCUT2D eigenvalue weighted by molar-refractivity contribution is 0.0989. The van der Waals surface area contributed by atoms with Crippen LogP contribution in [-0.2, 0) is 0 Å². The van der Waals surface area contributed by atoms with Crippen molar-refractivity contribution in [1.29, 1.82) is 0 Å². The van der Waals surface area contributed by atoms with Crippen LogP contribution in [0.15, 0.2) is 16.6 Å². The van der Waals surface area contributed by atoms with E-state index in [0.717, 1.165) is 12.1 Å². The van der Waals surface area contributed by atoms with Crippen molar-refractivity contribution in [2.45, 2.75) is 0 Å². The molecule has 0 heterocycles. The average Bonchev–Trinajstić information content (AvgIpc) is 2.11. The van der Waals surface area contributed by atoms with E-state index in [4.69, 9.17) is 0 Å². The number of hydrogen-bond acceptors (Lipinski definition) is 2. The predicted molar refractivity (Wildman–Crippen MR) is 52.3 cm³/mol. The van der Waals surface area contributed by atoms with Crippen molar-refractivity contribution in [2.24, 2.45) is 0 Å². The molecule has 1 aromatic rings. The number of rotatable bonds is 3. The van der Waals surface area contributed by atoms with Crippen molar-refractivity contribution in [3.05, 3.63) is 33.8 Å². The molecule has 0 spiro atoms. The number of nitrogens with one attached hydrogen (secondary N) is 1. The van der Waals surface area contributed by atoms with Gasteiger partial charge < -0.3 is 5.32 Å². The summed E-state index contributed by atoms with van der Waals surface area (Å²) in [5.74, 6) is -1.85. The zero-order valence-electron chi connectivity index (χ0n) is 7.40. The lowest BCUT2D eigenvalue weighted by Crippen LogP contribution is -2.19. The summed E-state index contributed by atoms with van der Waals surface area (Å²) in [7, 11) is 1.56. The Kier molecular flexibility index (Phi) is 3.71. The molecule has 1 aromatic carbocycles. The van der Waals surface area contributed by atoms with Gasteiger partial charge in [0.2, 0.25) is 0 Å². The van der Waals surface area contributed by atoms with Gasteiger partial charge in [-0.3, -0.25) is 4.79 Å². The number of Topliss-reactive ketones (excluding diaryl/α,β-unsaturated/α-hetero) is 1. The summed E-state index contributed by atoms with van der Waals surface area (Å²) in [6.45, 7) is -0.0159. The van der Waals surface area contributed by atoms with E-state index in [2.05, 4.69) is 21.2 Å². The number of ketones is 1. The second-order valence-corrected chi connectivity index (χ2v) is 3.55. The third-order valence-electron chi connectivity index (χ3n) is 1.65. The van der Waals surface area contributed by atoms with Gasteiger partial charge in [-0.1, -0.05) is 0 Å². The first-order valence-electron chi connectivity index (χ1n) is 3.88. The maximum Gasteiger partial charge on any atom is 0.179 e. The minimum absolute atomic E-state index is 0.0102. The Bertz CT molecular complexity index is 368.